The van der Waals surface area contributed by atoms with Gasteiger partial charge in [0.05, 0.1) is 18.6 Å². The Hall–Kier alpha value is -5.24. The number of rotatable bonds is 24. The number of unbranched alkanes of at least 4 members (excludes halogenated alkanes) is 3. The molecule has 4 aliphatic heterocycles. The van der Waals surface area contributed by atoms with Gasteiger partial charge in [0.15, 0.2) is 5.11 Å². The molecule has 0 saturated carbocycles. The number of thioether (sulfide) groups is 1. The van der Waals surface area contributed by atoms with Crippen LogP contribution >= 0.6 is 24.0 Å². The molecule has 4 aliphatic rings. The molecule has 66 heavy (non-hydrogen) atoms. The van der Waals surface area contributed by atoms with E-state index in [1.54, 1.807) is 9.80 Å². The normalized spacial score (nSPS) is 19.9. The van der Waals surface area contributed by atoms with Gasteiger partial charge in [0.1, 0.15) is 12.1 Å². The molecule has 1 aromatic rings. The van der Waals surface area contributed by atoms with Crippen LogP contribution in [0.1, 0.15) is 97.5 Å². The number of hydrogen-bond donors (Lipinski definition) is 7. The molecule has 20 heteroatoms. The third kappa shape index (κ3) is 16.3. The van der Waals surface area contributed by atoms with Crippen molar-refractivity contribution in [3.63, 3.8) is 0 Å². The van der Waals surface area contributed by atoms with Crippen LogP contribution in [-0.4, -0.2) is 142 Å². The van der Waals surface area contributed by atoms with Crippen molar-refractivity contribution < 1.29 is 38.4 Å². The quantitative estimate of drug-likeness (QED) is 0.0344. The number of amides is 9. The van der Waals surface area contributed by atoms with E-state index in [4.69, 9.17) is 12.2 Å². The number of benzene rings is 1. The van der Waals surface area contributed by atoms with Crippen molar-refractivity contribution in [2.75, 3.05) is 50.3 Å². The highest BCUT2D eigenvalue weighted by Gasteiger charge is 2.42. The summed E-state index contributed by atoms with van der Waals surface area (Å²) < 4.78 is 0. The second kappa shape index (κ2) is 25.6. The summed E-state index contributed by atoms with van der Waals surface area (Å²) in [6.07, 6.45) is 8.33. The van der Waals surface area contributed by atoms with Crippen molar-refractivity contribution in [3.05, 3.63) is 42.0 Å². The summed E-state index contributed by atoms with van der Waals surface area (Å²) in [6, 6.07) is 6.15. The average molecular weight is 953 g/mol. The van der Waals surface area contributed by atoms with Crippen LogP contribution in [0.3, 0.4) is 0 Å². The minimum absolute atomic E-state index is 0.00360. The highest BCUT2D eigenvalue weighted by molar-refractivity contribution is 8.00. The molecule has 5 rings (SSSR count). The molecule has 362 valence electrons. The monoisotopic (exact) mass is 952 g/mol. The van der Waals surface area contributed by atoms with Crippen molar-refractivity contribution in [1.82, 2.24) is 46.6 Å². The number of imide groups is 1. The Kier molecular flexibility index (Phi) is 20.1. The lowest BCUT2D eigenvalue weighted by Gasteiger charge is -2.37. The Morgan fingerprint density at radius 1 is 0.758 bits per heavy atom. The van der Waals surface area contributed by atoms with Crippen LogP contribution in [0, 0.1) is 11.8 Å². The van der Waals surface area contributed by atoms with Gasteiger partial charge < -0.3 is 47.0 Å². The zero-order valence-electron chi connectivity index (χ0n) is 38.7. The largest absolute Gasteiger partial charge is 0.353 e. The standard InChI is InChI=1S/C46H68N10O8S2/c1-29(2)24-33(50-38(58)12-6-5-9-19-56-39(59)17-18-40(56)60)43(62)51-34(25-30(3)4)44(63)55-22-20-54(21-23-55)41(61)27-48-46(65)49-32-15-13-31(14-16-32)26-47-37(57)11-8-7-10-36-42-35(28-66-36)52-45(64)53-42/h13-18,29-30,33-36,42H,5-12,19-28H2,1-4H3,(H,47,57)(H,50,58)(H,51,62)(H2,48,49,65)(H2,52,53,64)/t33-,34-,35-,36-,42-/m0/s1. The molecular weight excluding hydrogens is 885 g/mol. The van der Waals surface area contributed by atoms with E-state index in [0.29, 0.717) is 83.0 Å². The van der Waals surface area contributed by atoms with Crippen LogP contribution in [-0.2, 0) is 40.1 Å². The van der Waals surface area contributed by atoms with Gasteiger partial charge in [-0.2, -0.15) is 11.8 Å². The van der Waals surface area contributed by atoms with E-state index in [0.717, 1.165) is 36.3 Å². The molecule has 1 aromatic carbocycles. The van der Waals surface area contributed by atoms with E-state index in [1.165, 1.54) is 17.1 Å². The Morgan fingerprint density at radius 2 is 1.39 bits per heavy atom. The Morgan fingerprint density at radius 3 is 2.08 bits per heavy atom. The fourth-order valence-corrected chi connectivity index (χ4v) is 10.2. The maximum Gasteiger partial charge on any atom is 0.315 e. The lowest BCUT2D eigenvalue weighted by Crippen LogP contribution is -2.58. The van der Waals surface area contributed by atoms with Gasteiger partial charge in [-0.25, -0.2) is 4.79 Å². The van der Waals surface area contributed by atoms with E-state index in [-0.39, 0.29) is 83.5 Å². The lowest BCUT2D eigenvalue weighted by atomic mass is 9.99. The van der Waals surface area contributed by atoms with Crippen LogP contribution in [0.5, 0.6) is 0 Å². The SMILES string of the molecule is CC(C)C[C@H](NC(=O)CCCCCN1C(=O)C=CC1=O)C(=O)N[C@@H](CC(C)C)C(=O)N1CCN(C(=O)CNC(=S)Nc2ccc(CNC(=O)CCCC[C@@H]3SC[C@@H]4NC(=O)N[C@@H]43)cc2)CC1. The van der Waals surface area contributed by atoms with Gasteiger partial charge in [0.2, 0.25) is 29.5 Å². The second-order valence-electron chi connectivity index (χ2n) is 18.3. The number of carbonyl (C=O) groups excluding carboxylic acids is 8. The number of anilines is 1. The summed E-state index contributed by atoms with van der Waals surface area (Å²) >= 11 is 7.33. The number of piperazine rings is 1. The van der Waals surface area contributed by atoms with Crippen LogP contribution in [0.25, 0.3) is 0 Å². The highest BCUT2D eigenvalue weighted by atomic mass is 32.2. The van der Waals surface area contributed by atoms with Crippen molar-refractivity contribution in [1.29, 1.82) is 0 Å². The third-order valence-corrected chi connectivity index (χ3v) is 13.7. The lowest BCUT2D eigenvalue weighted by molar-refractivity contribution is -0.142. The zero-order chi connectivity index (χ0) is 47.8. The summed E-state index contributed by atoms with van der Waals surface area (Å²) in [5.41, 5.74) is 1.66. The molecule has 18 nitrogen and oxygen atoms in total. The molecule has 5 atom stereocenters. The highest BCUT2D eigenvalue weighted by Crippen LogP contribution is 2.33. The summed E-state index contributed by atoms with van der Waals surface area (Å²) in [5.74, 6) is -0.661. The molecule has 0 spiro atoms. The Bertz CT molecular complexity index is 1920. The van der Waals surface area contributed by atoms with Gasteiger partial charge in [-0.1, -0.05) is 52.7 Å². The molecule has 0 radical (unpaired) electrons. The first kappa shape index (κ1) is 51.7. The predicted octanol–water partition coefficient (Wildman–Crippen LogP) is 2.53. The first-order valence-electron chi connectivity index (χ1n) is 23.3. The Labute approximate surface area is 397 Å². The third-order valence-electron chi connectivity index (χ3n) is 12.0. The summed E-state index contributed by atoms with van der Waals surface area (Å²) in [6.45, 7) is 9.75. The van der Waals surface area contributed by atoms with Gasteiger partial charge in [-0.15, -0.1) is 0 Å². The van der Waals surface area contributed by atoms with E-state index in [2.05, 4.69) is 37.2 Å². The van der Waals surface area contributed by atoms with Gasteiger partial charge in [0, 0.05) is 81.0 Å². The summed E-state index contributed by atoms with van der Waals surface area (Å²) in [4.78, 5) is 106. The second-order valence-corrected chi connectivity index (χ2v) is 19.9. The topological polar surface area (TPSA) is 230 Å². The first-order valence-corrected chi connectivity index (χ1v) is 24.8. The van der Waals surface area contributed by atoms with Crippen LogP contribution in [0.15, 0.2) is 36.4 Å². The predicted molar refractivity (Wildman–Crippen MR) is 257 cm³/mol. The molecule has 7 N–H and O–H groups in total. The fourth-order valence-electron chi connectivity index (χ4n) is 8.43. The van der Waals surface area contributed by atoms with Crippen molar-refractivity contribution in [2.45, 2.75) is 128 Å². The fraction of sp³-hybridized carbons (Fsp3) is 0.630. The molecule has 0 unspecified atom stereocenters. The Balaban J connectivity index is 0.966. The summed E-state index contributed by atoms with van der Waals surface area (Å²) in [7, 11) is 0. The van der Waals surface area contributed by atoms with Crippen molar-refractivity contribution >= 4 is 82.2 Å². The molecule has 0 aromatic heterocycles. The van der Waals surface area contributed by atoms with Crippen LogP contribution in [0.2, 0.25) is 0 Å². The van der Waals surface area contributed by atoms with Crippen molar-refractivity contribution in [3.8, 4) is 0 Å². The van der Waals surface area contributed by atoms with Gasteiger partial charge in [0.25, 0.3) is 11.8 Å². The molecule has 4 heterocycles. The van der Waals surface area contributed by atoms with E-state index < -0.39 is 18.0 Å². The minimum Gasteiger partial charge on any atom is -0.353 e. The first-order chi connectivity index (χ1) is 31.6. The van der Waals surface area contributed by atoms with Gasteiger partial charge >= 0.3 is 6.03 Å². The van der Waals surface area contributed by atoms with E-state index in [1.807, 2.05) is 63.7 Å². The van der Waals surface area contributed by atoms with Crippen LogP contribution in [0.4, 0.5) is 10.5 Å². The molecule has 0 bridgehead atoms. The molecule has 3 saturated heterocycles. The van der Waals surface area contributed by atoms with Crippen LogP contribution < -0.4 is 37.2 Å². The maximum absolute atomic E-state index is 13.9. The average Bonchev–Trinajstić information content (AvgIpc) is 3.95. The molecule has 0 aliphatic carbocycles. The number of thiocarbonyl (C=S) groups is 1. The van der Waals surface area contributed by atoms with E-state index in [9.17, 15) is 38.4 Å². The van der Waals surface area contributed by atoms with Gasteiger partial charge in [-0.3, -0.25) is 38.5 Å². The van der Waals surface area contributed by atoms with Crippen molar-refractivity contribution in [2.24, 2.45) is 11.8 Å². The number of urea groups is 1. The number of fused-ring (bicyclic) bond motifs is 1. The number of hydrogen-bond acceptors (Lipinski definition) is 10. The number of nitrogens with one attached hydrogen (secondary N) is 7. The van der Waals surface area contributed by atoms with E-state index >= 15 is 0 Å². The zero-order valence-corrected chi connectivity index (χ0v) is 40.3. The molecule has 9 amide bonds. The number of nitrogens with zero attached hydrogens (tertiary/aromatic N) is 3. The maximum atomic E-state index is 13.9. The molecular formula is C46H68N10O8S2. The number of carbonyl (C=O) groups is 8. The minimum atomic E-state index is -0.827. The molecule has 3 fully saturated rings. The summed E-state index contributed by atoms with van der Waals surface area (Å²) in [5, 5.41) is 21.4. The van der Waals surface area contributed by atoms with Gasteiger partial charge in [-0.05, 0) is 80.3 Å². The smallest absolute Gasteiger partial charge is 0.315 e.